The van der Waals surface area contributed by atoms with Crippen LogP contribution in [0.1, 0.15) is 50.4 Å². The molecular formula is C29H23NO5. The Morgan fingerprint density at radius 2 is 1.40 bits per heavy atom. The fraction of sp³-hybridized carbons (Fsp3) is 0.241. The lowest BCUT2D eigenvalue weighted by molar-refractivity contribution is -0.127. The number of Topliss-reactive ketones (excluding diaryl/α,β-unsaturated/α-hetero) is 2. The van der Waals surface area contributed by atoms with Gasteiger partial charge in [-0.25, -0.2) is 4.90 Å². The van der Waals surface area contributed by atoms with Crippen molar-refractivity contribution < 1.29 is 23.9 Å². The molecule has 1 spiro atoms. The van der Waals surface area contributed by atoms with Crippen molar-refractivity contribution in [2.75, 3.05) is 4.90 Å². The van der Waals surface area contributed by atoms with Crippen molar-refractivity contribution in [1.29, 1.82) is 0 Å². The highest BCUT2D eigenvalue weighted by atomic mass is 16.5. The van der Waals surface area contributed by atoms with Gasteiger partial charge in [-0.3, -0.25) is 19.2 Å². The van der Waals surface area contributed by atoms with Crippen LogP contribution in [0.25, 0.3) is 0 Å². The zero-order chi connectivity index (χ0) is 24.5. The first kappa shape index (κ1) is 21.6. The predicted molar refractivity (Wildman–Crippen MR) is 128 cm³/mol. The zero-order valence-electron chi connectivity index (χ0n) is 19.4. The maximum absolute atomic E-state index is 13.9. The highest BCUT2D eigenvalue weighted by molar-refractivity contribution is 6.37. The first-order valence-corrected chi connectivity index (χ1v) is 11.8. The van der Waals surface area contributed by atoms with E-state index in [9.17, 15) is 19.2 Å². The van der Waals surface area contributed by atoms with E-state index in [0.29, 0.717) is 11.3 Å². The van der Waals surface area contributed by atoms with Gasteiger partial charge in [0.25, 0.3) is 0 Å². The molecule has 3 aromatic rings. The van der Waals surface area contributed by atoms with Gasteiger partial charge in [0.15, 0.2) is 0 Å². The number of hydrogen-bond donors (Lipinski definition) is 0. The lowest BCUT2D eigenvalue weighted by atomic mass is 9.77. The first-order valence-electron chi connectivity index (χ1n) is 11.8. The van der Waals surface area contributed by atoms with Crippen molar-refractivity contribution >= 4 is 29.1 Å². The molecule has 3 aliphatic rings. The first-order chi connectivity index (χ1) is 16.9. The van der Waals surface area contributed by atoms with Crippen molar-refractivity contribution in [3.05, 3.63) is 101 Å². The molecule has 0 N–H and O–H groups in total. The van der Waals surface area contributed by atoms with Crippen LogP contribution in [0.15, 0.2) is 72.8 Å². The van der Waals surface area contributed by atoms with E-state index in [-0.39, 0.29) is 11.1 Å². The quantitative estimate of drug-likeness (QED) is 0.427. The van der Waals surface area contributed by atoms with Crippen molar-refractivity contribution in [2.24, 2.45) is 11.8 Å². The Balaban J connectivity index is 1.53. The van der Waals surface area contributed by atoms with E-state index in [2.05, 4.69) is 0 Å². The van der Waals surface area contributed by atoms with Gasteiger partial charge in [0.05, 0.1) is 23.6 Å². The molecule has 0 radical (unpaired) electrons. The monoisotopic (exact) mass is 465 g/mol. The molecule has 6 nitrogen and oxygen atoms in total. The van der Waals surface area contributed by atoms with E-state index in [1.165, 1.54) is 0 Å². The van der Waals surface area contributed by atoms with Crippen molar-refractivity contribution in [2.45, 2.75) is 32.0 Å². The molecule has 6 rings (SSSR count). The van der Waals surface area contributed by atoms with Crippen LogP contribution in [0.5, 0.6) is 0 Å². The number of ketones is 2. The molecule has 35 heavy (non-hydrogen) atoms. The molecule has 0 unspecified atom stereocenters. The van der Waals surface area contributed by atoms with Gasteiger partial charge in [-0.15, -0.1) is 0 Å². The number of anilines is 1. The second kappa shape index (κ2) is 7.55. The molecular weight excluding hydrogens is 442 g/mol. The smallest absolute Gasteiger partial charge is 0.241 e. The average molecular weight is 466 g/mol. The Bertz CT molecular complexity index is 1370. The number of carbonyl (C=O) groups excluding carboxylic acids is 4. The minimum Gasteiger partial charge on any atom is -0.349 e. The number of nitrogens with zero attached hydrogens (tertiary/aromatic N) is 1. The Hall–Kier alpha value is -3.90. The highest BCUT2D eigenvalue weighted by Gasteiger charge is 2.74. The standard InChI is InChI=1S/C29H23NO5/c1-3-17-10-12-18(13-11-17)24-22-23(28(34)30(27(22)33)19-14-8-16(2)9-15-19)29(35-24)25(31)20-6-4-5-7-21(20)26(29)32/h4-15,22-24H,3H2,1-2H3/t22-,23-,24+/m1/s1. The summed E-state index contributed by atoms with van der Waals surface area (Å²) in [5, 5.41) is 0. The molecule has 174 valence electrons. The molecule has 1 aliphatic carbocycles. The van der Waals surface area contributed by atoms with Gasteiger partial charge in [-0.2, -0.15) is 0 Å². The fourth-order valence-electron chi connectivity index (χ4n) is 5.71. The Morgan fingerprint density at radius 3 is 1.97 bits per heavy atom. The molecule has 2 amide bonds. The lowest BCUT2D eigenvalue weighted by Gasteiger charge is -2.27. The summed E-state index contributed by atoms with van der Waals surface area (Å²) < 4.78 is 6.32. The number of hydrogen-bond acceptors (Lipinski definition) is 5. The summed E-state index contributed by atoms with van der Waals surface area (Å²) in [6.07, 6.45) is -0.0628. The van der Waals surface area contributed by atoms with E-state index < -0.39 is 46.9 Å². The largest absolute Gasteiger partial charge is 0.349 e. The molecule has 2 heterocycles. The van der Waals surface area contributed by atoms with Gasteiger partial charge in [0, 0.05) is 11.1 Å². The third-order valence-electron chi connectivity index (χ3n) is 7.53. The number of imide groups is 1. The Kier molecular flexibility index (Phi) is 4.66. The summed E-state index contributed by atoms with van der Waals surface area (Å²) in [6, 6.07) is 21.1. The molecule has 3 aromatic carbocycles. The Labute approximate surface area is 202 Å². The van der Waals surface area contributed by atoms with E-state index in [1.54, 1.807) is 36.4 Å². The van der Waals surface area contributed by atoms with E-state index in [0.717, 1.165) is 22.4 Å². The second-order valence-electron chi connectivity index (χ2n) is 9.42. The summed E-state index contributed by atoms with van der Waals surface area (Å²) in [5.41, 5.74) is 1.59. The minimum absolute atomic E-state index is 0.229. The number of benzene rings is 3. The van der Waals surface area contributed by atoms with Crippen LogP contribution >= 0.6 is 0 Å². The van der Waals surface area contributed by atoms with E-state index in [1.807, 2.05) is 50.2 Å². The third kappa shape index (κ3) is 2.80. The maximum atomic E-state index is 13.9. The highest BCUT2D eigenvalue weighted by Crippen LogP contribution is 2.57. The van der Waals surface area contributed by atoms with Crippen LogP contribution in [0.3, 0.4) is 0 Å². The number of rotatable bonds is 3. The summed E-state index contributed by atoms with van der Waals surface area (Å²) in [5.74, 6) is -4.36. The molecule has 0 bridgehead atoms. The molecule has 0 saturated carbocycles. The molecule has 0 aromatic heterocycles. The molecule has 2 saturated heterocycles. The van der Waals surface area contributed by atoms with Crippen molar-refractivity contribution in [3.8, 4) is 0 Å². The van der Waals surface area contributed by atoms with Crippen LogP contribution in [-0.4, -0.2) is 29.0 Å². The second-order valence-corrected chi connectivity index (χ2v) is 9.42. The third-order valence-corrected chi connectivity index (χ3v) is 7.53. The minimum atomic E-state index is -2.05. The normalized spacial score (nSPS) is 24.4. The van der Waals surface area contributed by atoms with Gasteiger partial charge in [0.2, 0.25) is 29.0 Å². The van der Waals surface area contributed by atoms with Crippen LogP contribution in [0.4, 0.5) is 5.69 Å². The van der Waals surface area contributed by atoms with Gasteiger partial charge in [-0.05, 0) is 36.6 Å². The van der Waals surface area contributed by atoms with Crippen molar-refractivity contribution in [3.63, 3.8) is 0 Å². The number of ether oxygens (including phenoxy) is 1. The van der Waals surface area contributed by atoms with Gasteiger partial charge in [0.1, 0.15) is 0 Å². The molecule has 2 fully saturated rings. The summed E-state index contributed by atoms with van der Waals surface area (Å²) in [6.45, 7) is 3.95. The number of aryl methyl sites for hydroxylation is 2. The molecule has 6 heteroatoms. The Morgan fingerprint density at radius 1 is 0.800 bits per heavy atom. The van der Waals surface area contributed by atoms with E-state index in [4.69, 9.17) is 4.74 Å². The number of fused-ring (bicyclic) bond motifs is 3. The van der Waals surface area contributed by atoms with Gasteiger partial charge in [-0.1, -0.05) is 73.2 Å². The zero-order valence-corrected chi connectivity index (χ0v) is 19.4. The predicted octanol–water partition coefficient (Wildman–Crippen LogP) is 4.25. The average Bonchev–Trinajstić information content (AvgIpc) is 3.45. The fourth-order valence-corrected chi connectivity index (χ4v) is 5.71. The SMILES string of the molecule is CCc1ccc([C@@H]2OC3(C(=O)c4ccccc4C3=O)[C@H]3C(=O)N(c4ccc(C)cc4)C(=O)[C@@H]23)cc1. The van der Waals surface area contributed by atoms with Crippen LogP contribution in [0, 0.1) is 18.8 Å². The van der Waals surface area contributed by atoms with E-state index >= 15 is 0 Å². The van der Waals surface area contributed by atoms with Crippen LogP contribution < -0.4 is 4.90 Å². The maximum Gasteiger partial charge on any atom is 0.241 e. The summed E-state index contributed by atoms with van der Waals surface area (Å²) >= 11 is 0. The summed E-state index contributed by atoms with van der Waals surface area (Å²) in [4.78, 5) is 56.4. The van der Waals surface area contributed by atoms with Crippen molar-refractivity contribution in [1.82, 2.24) is 0 Å². The van der Waals surface area contributed by atoms with Crippen LogP contribution in [-0.2, 0) is 20.7 Å². The van der Waals surface area contributed by atoms with Gasteiger partial charge < -0.3 is 4.74 Å². The summed E-state index contributed by atoms with van der Waals surface area (Å²) in [7, 11) is 0. The number of amides is 2. The number of carbonyl (C=O) groups is 4. The topological polar surface area (TPSA) is 80.8 Å². The van der Waals surface area contributed by atoms with Crippen LogP contribution in [0.2, 0.25) is 0 Å². The molecule has 3 atom stereocenters. The molecule has 2 aliphatic heterocycles. The van der Waals surface area contributed by atoms with Gasteiger partial charge >= 0.3 is 0 Å². The lowest BCUT2D eigenvalue weighted by Crippen LogP contribution is -2.51.